The summed E-state index contributed by atoms with van der Waals surface area (Å²) in [5.41, 5.74) is 1.76. The van der Waals surface area contributed by atoms with Gasteiger partial charge in [-0.25, -0.2) is 0 Å². The van der Waals surface area contributed by atoms with E-state index in [4.69, 9.17) is 4.74 Å². The maximum absolute atomic E-state index is 9.78. The van der Waals surface area contributed by atoms with Crippen molar-refractivity contribution in [1.82, 2.24) is 0 Å². The van der Waals surface area contributed by atoms with Crippen molar-refractivity contribution in [1.29, 1.82) is 0 Å². The molecular formula is C16H16O3. The number of hydrogen-bond donors (Lipinski definition) is 2. The SMILES string of the molecule is CCOc1c(O)cc(/C=C/c2ccccc2)cc1O. The summed E-state index contributed by atoms with van der Waals surface area (Å²) >= 11 is 0. The fourth-order valence-electron chi connectivity index (χ4n) is 1.76. The molecule has 0 bridgehead atoms. The molecular weight excluding hydrogens is 240 g/mol. The van der Waals surface area contributed by atoms with Crippen molar-refractivity contribution in [3.05, 3.63) is 53.6 Å². The molecule has 98 valence electrons. The molecule has 2 aromatic rings. The second kappa shape index (κ2) is 5.96. The minimum Gasteiger partial charge on any atom is -0.504 e. The molecule has 0 spiro atoms. The van der Waals surface area contributed by atoms with E-state index in [1.807, 2.05) is 42.5 Å². The summed E-state index contributed by atoms with van der Waals surface area (Å²) in [6, 6.07) is 12.9. The van der Waals surface area contributed by atoms with E-state index in [-0.39, 0.29) is 17.2 Å². The highest BCUT2D eigenvalue weighted by molar-refractivity contribution is 5.72. The first-order chi connectivity index (χ1) is 9.20. The van der Waals surface area contributed by atoms with Gasteiger partial charge < -0.3 is 14.9 Å². The summed E-state index contributed by atoms with van der Waals surface area (Å²) in [5, 5.41) is 19.6. The summed E-state index contributed by atoms with van der Waals surface area (Å²) in [6.07, 6.45) is 3.74. The zero-order chi connectivity index (χ0) is 13.7. The van der Waals surface area contributed by atoms with Crippen molar-refractivity contribution in [2.24, 2.45) is 0 Å². The molecule has 2 N–H and O–H groups in total. The predicted octanol–water partition coefficient (Wildman–Crippen LogP) is 3.67. The van der Waals surface area contributed by atoms with Crippen molar-refractivity contribution in [3.63, 3.8) is 0 Å². The summed E-state index contributed by atoms with van der Waals surface area (Å²) in [7, 11) is 0. The first-order valence-electron chi connectivity index (χ1n) is 6.12. The van der Waals surface area contributed by atoms with Gasteiger partial charge in [0.2, 0.25) is 5.75 Å². The van der Waals surface area contributed by atoms with E-state index < -0.39 is 0 Å². The molecule has 0 aliphatic heterocycles. The predicted molar refractivity (Wildman–Crippen MR) is 76.3 cm³/mol. The van der Waals surface area contributed by atoms with Crippen molar-refractivity contribution >= 4 is 12.2 Å². The Morgan fingerprint density at radius 1 is 0.947 bits per heavy atom. The molecule has 3 nitrogen and oxygen atoms in total. The van der Waals surface area contributed by atoms with Crippen molar-refractivity contribution < 1.29 is 14.9 Å². The van der Waals surface area contributed by atoms with Crippen LogP contribution in [-0.4, -0.2) is 16.8 Å². The lowest BCUT2D eigenvalue weighted by Gasteiger charge is -2.08. The molecule has 0 heterocycles. The number of phenols is 2. The van der Waals surface area contributed by atoms with E-state index in [0.717, 1.165) is 5.56 Å². The minimum atomic E-state index is -0.0606. The molecule has 0 unspecified atom stereocenters. The van der Waals surface area contributed by atoms with Crippen LogP contribution in [0.2, 0.25) is 0 Å². The van der Waals surface area contributed by atoms with Gasteiger partial charge in [-0.2, -0.15) is 0 Å². The van der Waals surface area contributed by atoms with Gasteiger partial charge in [-0.15, -0.1) is 0 Å². The molecule has 0 amide bonds. The Morgan fingerprint density at radius 3 is 2.11 bits per heavy atom. The quantitative estimate of drug-likeness (QED) is 0.821. The molecule has 0 aliphatic rings. The minimum absolute atomic E-state index is 0.0606. The van der Waals surface area contributed by atoms with Crippen molar-refractivity contribution in [3.8, 4) is 17.2 Å². The second-order valence-corrected chi connectivity index (χ2v) is 4.07. The van der Waals surface area contributed by atoms with E-state index in [0.29, 0.717) is 12.2 Å². The van der Waals surface area contributed by atoms with Crippen molar-refractivity contribution in [2.75, 3.05) is 6.61 Å². The average molecular weight is 256 g/mol. The first kappa shape index (κ1) is 13.0. The lowest BCUT2D eigenvalue weighted by molar-refractivity contribution is 0.298. The molecule has 0 aromatic heterocycles. The van der Waals surface area contributed by atoms with Crippen LogP contribution in [0.15, 0.2) is 42.5 Å². The first-order valence-corrected chi connectivity index (χ1v) is 6.12. The fourth-order valence-corrected chi connectivity index (χ4v) is 1.76. The third kappa shape index (κ3) is 3.28. The molecule has 0 saturated carbocycles. The fraction of sp³-hybridized carbons (Fsp3) is 0.125. The van der Waals surface area contributed by atoms with E-state index in [2.05, 4.69) is 0 Å². The molecule has 19 heavy (non-hydrogen) atoms. The lowest BCUT2D eigenvalue weighted by atomic mass is 10.1. The number of ether oxygens (including phenoxy) is 1. The highest BCUT2D eigenvalue weighted by atomic mass is 16.5. The molecule has 3 heteroatoms. The summed E-state index contributed by atoms with van der Waals surface area (Å²) in [4.78, 5) is 0. The van der Waals surface area contributed by atoms with Crippen LogP contribution in [-0.2, 0) is 0 Å². The third-order valence-electron chi connectivity index (χ3n) is 2.63. The van der Waals surface area contributed by atoms with Crippen LogP contribution in [0, 0.1) is 0 Å². The van der Waals surface area contributed by atoms with Crippen LogP contribution in [0.25, 0.3) is 12.2 Å². The standard InChI is InChI=1S/C16H16O3/c1-2-19-16-14(17)10-13(11-15(16)18)9-8-12-6-4-3-5-7-12/h3-11,17-18H,2H2,1H3/b9-8+. The Balaban J connectivity index is 2.25. The summed E-state index contributed by atoms with van der Waals surface area (Å²) in [5.74, 6) is 0.00323. The topological polar surface area (TPSA) is 49.7 Å². The number of aromatic hydroxyl groups is 2. The van der Waals surface area contributed by atoms with E-state index >= 15 is 0 Å². The third-order valence-corrected chi connectivity index (χ3v) is 2.63. The van der Waals surface area contributed by atoms with Gasteiger partial charge in [0.1, 0.15) is 0 Å². The number of hydrogen-bond acceptors (Lipinski definition) is 3. The van der Waals surface area contributed by atoms with Crippen LogP contribution in [0.5, 0.6) is 17.2 Å². The van der Waals surface area contributed by atoms with Gasteiger partial charge in [0.15, 0.2) is 11.5 Å². The van der Waals surface area contributed by atoms with Gasteiger partial charge in [0, 0.05) is 0 Å². The van der Waals surface area contributed by atoms with Crippen LogP contribution in [0.1, 0.15) is 18.1 Å². The van der Waals surface area contributed by atoms with E-state index in [9.17, 15) is 10.2 Å². The highest BCUT2D eigenvalue weighted by Gasteiger charge is 2.09. The normalized spacial score (nSPS) is 10.8. The number of phenolic OH excluding ortho intramolecular Hbond substituents is 2. The molecule has 0 saturated heterocycles. The molecule has 2 aromatic carbocycles. The number of benzene rings is 2. The van der Waals surface area contributed by atoms with Gasteiger partial charge in [-0.05, 0) is 30.2 Å². The second-order valence-electron chi connectivity index (χ2n) is 4.07. The Morgan fingerprint density at radius 2 is 1.53 bits per heavy atom. The monoisotopic (exact) mass is 256 g/mol. The Hall–Kier alpha value is -2.42. The van der Waals surface area contributed by atoms with Gasteiger partial charge >= 0.3 is 0 Å². The van der Waals surface area contributed by atoms with Gasteiger partial charge in [0.05, 0.1) is 6.61 Å². The Bertz CT molecular complexity index is 551. The van der Waals surface area contributed by atoms with Gasteiger partial charge in [-0.3, -0.25) is 0 Å². The van der Waals surface area contributed by atoms with E-state index in [1.54, 1.807) is 19.1 Å². The lowest BCUT2D eigenvalue weighted by Crippen LogP contribution is -1.92. The molecule has 0 fully saturated rings. The average Bonchev–Trinajstić information content (AvgIpc) is 2.42. The largest absolute Gasteiger partial charge is 0.504 e. The zero-order valence-electron chi connectivity index (χ0n) is 10.7. The van der Waals surface area contributed by atoms with Gasteiger partial charge in [0.25, 0.3) is 0 Å². The van der Waals surface area contributed by atoms with Gasteiger partial charge in [-0.1, -0.05) is 42.5 Å². The van der Waals surface area contributed by atoms with Crippen LogP contribution in [0.4, 0.5) is 0 Å². The number of rotatable bonds is 4. The van der Waals surface area contributed by atoms with E-state index in [1.165, 1.54) is 0 Å². The highest BCUT2D eigenvalue weighted by Crippen LogP contribution is 2.37. The summed E-state index contributed by atoms with van der Waals surface area (Å²) in [6.45, 7) is 2.18. The molecule has 2 rings (SSSR count). The van der Waals surface area contributed by atoms with Crippen molar-refractivity contribution in [2.45, 2.75) is 6.92 Å². The van der Waals surface area contributed by atoms with Crippen LogP contribution < -0.4 is 4.74 Å². The summed E-state index contributed by atoms with van der Waals surface area (Å²) < 4.78 is 5.16. The molecule has 0 aliphatic carbocycles. The van der Waals surface area contributed by atoms with Crippen LogP contribution >= 0.6 is 0 Å². The zero-order valence-corrected chi connectivity index (χ0v) is 10.7. The smallest absolute Gasteiger partial charge is 0.203 e. The molecule has 0 radical (unpaired) electrons. The maximum Gasteiger partial charge on any atom is 0.203 e. The Kier molecular flexibility index (Phi) is 4.08. The van der Waals surface area contributed by atoms with Crippen LogP contribution in [0.3, 0.4) is 0 Å². The molecule has 0 atom stereocenters. The Labute approximate surface area is 112 Å². The maximum atomic E-state index is 9.78.